The lowest BCUT2D eigenvalue weighted by molar-refractivity contribution is 0.161. The molecule has 1 heterocycles. The van der Waals surface area contributed by atoms with Crippen LogP contribution >= 0.6 is 0 Å². The molecule has 0 aliphatic heterocycles. The molecule has 0 saturated carbocycles. The molecule has 7 nitrogen and oxygen atoms in total. The highest BCUT2D eigenvalue weighted by Gasteiger charge is 2.15. The summed E-state index contributed by atoms with van der Waals surface area (Å²) in [5.41, 5.74) is 5.28. The molecule has 17 heavy (non-hydrogen) atoms. The molecule has 8 heteroatoms. The third kappa shape index (κ3) is 4.25. The molecular weight excluding hydrogens is 244 g/mol. The summed E-state index contributed by atoms with van der Waals surface area (Å²) in [5, 5.41) is 0. The minimum absolute atomic E-state index is 0.00341. The second-order valence-corrected chi connectivity index (χ2v) is 5.46. The van der Waals surface area contributed by atoms with E-state index in [0.29, 0.717) is 13.2 Å². The number of nitrogens with zero attached hydrogens (tertiary/aromatic N) is 2. The Hall–Kier alpha value is -1.25. The lowest BCUT2D eigenvalue weighted by atomic mass is 10.2. The molecule has 1 aromatic rings. The third-order valence-electron chi connectivity index (χ3n) is 2.03. The maximum absolute atomic E-state index is 11.8. The highest BCUT2D eigenvalue weighted by atomic mass is 32.2. The number of hydrogen-bond acceptors (Lipinski definition) is 6. The quantitative estimate of drug-likeness (QED) is 0.722. The molecule has 0 radical (unpaired) electrons. The van der Waals surface area contributed by atoms with Crippen LogP contribution in [0.2, 0.25) is 0 Å². The van der Waals surface area contributed by atoms with Crippen LogP contribution in [-0.4, -0.2) is 38.6 Å². The van der Waals surface area contributed by atoms with Gasteiger partial charge in [-0.05, 0) is 5.92 Å². The molecule has 0 aliphatic carbocycles. The number of ether oxygens (including phenoxy) is 1. The molecule has 0 fully saturated rings. The van der Waals surface area contributed by atoms with Crippen molar-refractivity contribution in [2.45, 2.75) is 11.8 Å². The molecule has 0 saturated heterocycles. The molecule has 3 N–H and O–H groups in total. The van der Waals surface area contributed by atoms with E-state index in [1.807, 2.05) is 6.92 Å². The first-order valence-electron chi connectivity index (χ1n) is 5.02. The van der Waals surface area contributed by atoms with E-state index in [-0.39, 0.29) is 16.8 Å². The zero-order valence-corrected chi connectivity index (χ0v) is 10.6. The van der Waals surface area contributed by atoms with Gasteiger partial charge in [0.05, 0.1) is 12.4 Å². The number of aromatic nitrogens is 2. The summed E-state index contributed by atoms with van der Waals surface area (Å²) < 4.78 is 30.9. The van der Waals surface area contributed by atoms with Crippen molar-refractivity contribution in [3.63, 3.8) is 0 Å². The van der Waals surface area contributed by atoms with E-state index < -0.39 is 10.0 Å². The molecule has 0 aliphatic rings. The average Bonchev–Trinajstić information content (AvgIpc) is 2.28. The van der Waals surface area contributed by atoms with Crippen LogP contribution in [-0.2, 0) is 14.8 Å². The largest absolute Gasteiger partial charge is 0.384 e. The molecule has 0 bridgehead atoms. The predicted molar refractivity (Wildman–Crippen MR) is 62.7 cm³/mol. The van der Waals surface area contributed by atoms with Crippen molar-refractivity contribution in [2.24, 2.45) is 5.92 Å². The zero-order valence-electron chi connectivity index (χ0n) is 9.75. The minimum Gasteiger partial charge on any atom is -0.384 e. The second-order valence-electron chi connectivity index (χ2n) is 3.69. The maximum Gasteiger partial charge on any atom is 0.243 e. The van der Waals surface area contributed by atoms with Crippen LogP contribution < -0.4 is 10.5 Å². The summed E-state index contributed by atoms with van der Waals surface area (Å²) in [6, 6.07) is 0. The van der Waals surface area contributed by atoms with Crippen molar-refractivity contribution in [1.29, 1.82) is 0 Å². The van der Waals surface area contributed by atoms with Crippen LogP contribution in [0.25, 0.3) is 0 Å². The van der Waals surface area contributed by atoms with E-state index in [0.717, 1.165) is 0 Å². The Bertz CT molecular complexity index is 446. The maximum atomic E-state index is 11.8. The highest BCUT2D eigenvalue weighted by Crippen LogP contribution is 2.06. The SMILES string of the molecule is COCC(C)CNS(=O)(=O)c1cnc(N)nc1. The van der Waals surface area contributed by atoms with Crippen molar-refractivity contribution < 1.29 is 13.2 Å². The number of methoxy groups -OCH3 is 1. The van der Waals surface area contributed by atoms with Gasteiger partial charge in [0, 0.05) is 20.3 Å². The monoisotopic (exact) mass is 260 g/mol. The highest BCUT2D eigenvalue weighted by molar-refractivity contribution is 7.89. The van der Waals surface area contributed by atoms with E-state index in [9.17, 15) is 8.42 Å². The Morgan fingerprint density at radius 2 is 2.06 bits per heavy atom. The van der Waals surface area contributed by atoms with Gasteiger partial charge in [-0.3, -0.25) is 0 Å². The first-order chi connectivity index (χ1) is 7.95. The fourth-order valence-corrected chi connectivity index (χ4v) is 2.20. The normalized spacial score (nSPS) is 13.5. The number of hydrogen-bond donors (Lipinski definition) is 2. The van der Waals surface area contributed by atoms with E-state index in [1.165, 1.54) is 12.4 Å². The van der Waals surface area contributed by atoms with E-state index in [1.54, 1.807) is 7.11 Å². The van der Waals surface area contributed by atoms with Gasteiger partial charge in [0.15, 0.2) is 0 Å². The van der Waals surface area contributed by atoms with Crippen molar-refractivity contribution in [3.05, 3.63) is 12.4 Å². The van der Waals surface area contributed by atoms with Crippen LogP contribution in [0.4, 0.5) is 5.95 Å². The van der Waals surface area contributed by atoms with Gasteiger partial charge < -0.3 is 10.5 Å². The summed E-state index contributed by atoms with van der Waals surface area (Å²) in [6.07, 6.45) is 2.34. The first kappa shape index (κ1) is 13.8. The molecular formula is C9H16N4O3S. The van der Waals surface area contributed by atoms with E-state index in [4.69, 9.17) is 10.5 Å². The first-order valence-corrected chi connectivity index (χ1v) is 6.50. The van der Waals surface area contributed by atoms with Crippen LogP contribution in [0.3, 0.4) is 0 Å². The fraction of sp³-hybridized carbons (Fsp3) is 0.556. The predicted octanol–water partition coefficient (Wildman–Crippen LogP) is -0.380. The summed E-state index contributed by atoms with van der Waals surface area (Å²) in [7, 11) is -2.01. The Morgan fingerprint density at radius 3 is 2.59 bits per heavy atom. The number of nitrogens with two attached hydrogens (primary N) is 1. The number of rotatable bonds is 6. The molecule has 1 aromatic heterocycles. The lowest BCUT2D eigenvalue weighted by Gasteiger charge is -2.11. The molecule has 1 unspecified atom stereocenters. The van der Waals surface area contributed by atoms with Gasteiger partial charge in [0.25, 0.3) is 0 Å². The van der Waals surface area contributed by atoms with Gasteiger partial charge in [0.1, 0.15) is 4.90 Å². The van der Waals surface area contributed by atoms with Gasteiger partial charge in [-0.15, -0.1) is 0 Å². The second kappa shape index (κ2) is 5.89. The number of nitrogens with one attached hydrogen (secondary N) is 1. The number of anilines is 1. The zero-order chi connectivity index (χ0) is 12.9. The molecule has 0 amide bonds. The van der Waals surface area contributed by atoms with Crippen molar-refractivity contribution in [2.75, 3.05) is 26.0 Å². The van der Waals surface area contributed by atoms with Crippen LogP contribution in [0.15, 0.2) is 17.3 Å². The van der Waals surface area contributed by atoms with Gasteiger partial charge in [0.2, 0.25) is 16.0 Å². The Labute approximate surface area is 100 Å². The van der Waals surface area contributed by atoms with E-state index >= 15 is 0 Å². The lowest BCUT2D eigenvalue weighted by Crippen LogP contribution is -2.30. The molecule has 0 spiro atoms. The smallest absolute Gasteiger partial charge is 0.243 e. The summed E-state index contributed by atoms with van der Waals surface area (Å²) in [5.74, 6) is 0.126. The molecule has 0 aromatic carbocycles. The molecule has 96 valence electrons. The summed E-state index contributed by atoms with van der Waals surface area (Å²) in [6.45, 7) is 2.66. The van der Waals surface area contributed by atoms with Crippen molar-refractivity contribution in [3.8, 4) is 0 Å². The Balaban J connectivity index is 2.66. The van der Waals surface area contributed by atoms with Gasteiger partial charge in [-0.25, -0.2) is 23.1 Å². The van der Waals surface area contributed by atoms with Gasteiger partial charge in [-0.1, -0.05) is 6.92 Å². The third-order valence-corrected chi connectivity index (χ3v) is 3.41. The molecule has 1 rings (SSSR count). The number of nitrogen functional groups attached to an aromatic ring is 1. The van der Waals surface area contributed by atoms with Gasteiger partial charge >= 0.3 is 0 Å². The topological polar surface area (TPSA) is 107 Å². The average molecular weight is 260 g/mol. The van der Waals surface area contributed by atoms with Crippen LogP contribution in [0, 0.1) is 5.92 Å². The summed E-state index contributed by atoms with van der Waals surface area (Å²) in [4.78, 5) is 7.26. The van der Waals surface area contributed by atoms with Crippen molar-refractivity contribution in [1.82, 2.24) is 14.7 Å². The van der Waals surface area contributed by atoms with Gasteiger partial charge in [-0.2, -0.15) is 0 Å². The van der Waals surface area contributed by atoms with Crippen molar-refractivity contribution >= 4 is 16.0 Å². The van der Waals surface area contributed by atoms with Crippen LogP contribution in [0.1, 0.15) is 6.92 Å². The fourth-order valence-electron chi connectivity index (χ4n) is 1.14. The van der Waals surface area contributed by atoms with Crippen LogP contribution in [0.5, 0.6) is 0 Å². The number of sulfonamides is 1. The standard InChI is InChI=1S/C9H16N4O3S/c1-7(6-16-2)3-13-17(14,15)8-4-11-9(10)12-5-8/h4-5,7,13H,3,6H2,1-2H3,(H2,10,11,12). The summed E-state index contributed by atoms with van der Waals surface area (Å²) >= 11 is 0. The Morgan fingerprint density at radius 1 is 1.47 bits per heavy atom. The Kier molecular flexibility index (Phi) is 4.79. The van der Waals surface area contributed by atoms with E-state index in [2.05, 4.69) is 14.7 Å². The minimum atomic E-state index is -3.58. The molecule has 1 atom stereocenters.